The number of carbonyl (C=O) groups is 3. The third-order valence-corrected chi connectivity index (χ3v) is 7.36. The van der Waals surface area contributed by atoms with E-state index in [1.165, 1.54) is 6.07 Å². The van der Waals surface area contributed by atoms with Crippen molar-refractivity contribution in [2.45, 2.75) is 65.5 Å². The average molecular weight is 588 g/mol. The van der Waals surface area contributed by atoms with E-state index in [1.54, 1.807) is 35.8 Å². The smallest absolute Gasteiger partial charge is 0.253 e. The van der Waals surface area contributed by atoms with Crippen LogP contribution in [-0.4, -0.2) is 84.2 Å². The number of aryl methyl sites for hydroxylation is 1. The first-order chi connectivity index (χ1) is 20.0. The standard InChI is InChI=1S/C32H43F2N3O5/c1-5-7-36(8-6-2)32(41)25-14-21(3)13-24(19-25)30(39)35-28(18-23-16-26(33)20-27(34)17-23)29(38)15-22(4)31(40)37-9-11-42-12-10-37/h13-14,16-17,19-20,22,28-29,38H,5-12,15,18H2,1-4H3,(H,35,39)/t22-,28?,29+/m1/s1. The minimum absolute atomic E-state index is 0.0273. The van der Waals surface area contributed by atoms with E-state index in [0.717, 1.165) is 31.0 Å². The number of halogens is 2. The second-order valence-electron chi connectivity index (χ2n) is 11.1. The zero-order valence-corrected chi connectivity index (χ0v) is 25.0. The molecule has 10 heteroatoms. The maximum atomic E-state index is 14.0. The minimum atomic E-state index is -1.20. The van der Waals surface area contributed by atoms with E-state index < -0.39 is 35.6 Å². The molecule has 1 fully saturated rings. The van der Waals surface area contributed by atoms with Gasteiger partial charge in [0.2, 0.25) is 5.91 Å². The quantitative estimate of drug-likeness (QED) is 0.368. The molecule has 0 bridgehead atoms. The molecule has 0 radical (unpaired) electrons. The number of benzene rings is 2. The summed E-state index contributed by atoms with van der Waals surface area (Å²) in [6.07, 6.45) is 0.364. The first kappa shape index (κ1) is 33.1. The van der Waals surface area contributed by atoms with Crippen molar-refractivity contribution in [1.82, 2.24) is 15.1 Å². The first-order valence-corrected chi connectivity index (χ1v) is 14.7. The maximum Gasteiger partial charge on any atom is 0.253 e. The van der Waals surface area contributed by atoms with Gasteiger partial charge in [0.05, 0.1) is 25.4 Å². The van der Waals surface area contributed by atoms with Gasteiger partial charge in [-0.3, -0.25) is 14.4 Å². The van der Waals surface area contributed by atoms with E-state index in [2.05, 4.69) is 5.32 Å². The lowest BCUT2D eigenvalue weighted by Gasteiger charge is -2.31. The molecule has 2 N–H and O–H groups in total. The summed E-state index contributed by atoms with van der Waals surface area (Å²) in [5, 5.41) is 14.1. The van der Waals surface area contributed by atoms with Gasteiger partial charge in [-0.05, 0) is 74.1 Å². The van der Waals surface area contributed by atoms with Gasteiger partial charge in [-0.2, -0.15) is 0 Å². The number of amides is 3. The molecule has 8 nitrogen and oxygen atoms in total. The summed E-state index contributed by atoms with van der Waals surface area (Å²) in [6.45, 7) is 10.5. The lowest BCUT2D eigenvalue weighted by molar-refractivity contribution is -0.140. The zero-order chi connectivity index (χ0) is 30.8. The highest BCUT2D eigenvalue weighted by atomic mass is 19.1. The second-order valence-corrected chi connectivity index (χ2v) is 11.1. The largest absolute Gasteiger partial charge is 0.391 e. The number of rotatable bonds is 13. The molecule has 2 aromatic carbocycles. The van der Waals surface area contributed by atoms with E-state index in [9.17, 15) is 28.3 Å². The maximum absolute atomic E-state index is 14.0. The number of aliphatic hydroxyl groups is 1. The van der Waals surface area contributed by atoms with E-state index in [4.69, 9.17) is 4.74 Å². The van der Waals surface area contributed by atoms with Crippen molar-refractivity contribution in [2.75, 3.05) is 39.4 Å². The molecular weight excluding hydrogens is 544 g/mol. The Morgan fingerprint density at radius 2 is 1.57 bits per heavy atom. The molecule has 3 amide bonds. The van der Waals surface area contributed by atoms with Gasteiger partial charge in [-0.15, -0.1) is 0 Å². The second kappa shape index (κ2) is 15.7. The van der Waals surface area contributed by atoms with Crippen LogP contribution in [0.5, 0.6) is 0 Å². The van der Waals surface area contributed by atoms with Gasteiger partial charge in [-0.1, -0.05) is 20.8 Å². The number of hydrogen-bond acceptors (Lipinski definition) is 5. The number of nitrogens with zero attached hydrogens (tertiary/aromatic N) is 2. The minimum Gasteiger partial charge on any atom is -0.391 e. The van der Waals surface area contributed by atoms with Gasteiger partial charge in [0.25, 0.3) is 11.8 Å². The Morgan fingerprint density at radius 3 is 2.17 bits per heavy atom. The predicted molar refractivity (Wildman–Crippen MR) is 156 cm³/mol. The van der Waals surface area contributed by atoms with Crippen LogP contribution in [0.25, 0.3) is 0 Å². The Morgan fingerprint density at radius 1 is 0.976 bits per heavy atom. The van der Waals surface area contributed by atoms with Crippen LogP contribution in [0.3, 0.4) is 0 Å². The van der Waals surface area contributed by atoms with E-state index in [0.29, 0.717) is 50.5 Å². The Balaban J connectivity index is 1.84. The number of aliphatic hydroxyl groups excluding tert-OH is 1. The molecule has 1 saturated heterocycles. The van der Waals surface area contributed by atoms with Crippen molar-refractivity contribution in [3.05, 3.63) is 70.3 Å². The number of carbonyl (C=O) groups excluding carboxylic acids is 3. The van der Waals surface area contributed by atoms with Crippen LogP contribution in [0.2, 0.25) is 0 Å². The van der Waals surface area contributed by atoms with Crippen molar-refractivity contribution >= 4 is 17.7 Å². The number of hydrogen-bond donors (Lipinski definition) is 2. The summed E-state index contributed by atoms with van der Waals surface area (Å²) in [5.74, 6) is -2.95. The van der Waals surface area contributed by atoms with Crippen LogP contribution >= 0.6 is 0 Å². The molecule has 2 aromatic rings. The highest BCUT2D eigenvalue weighted by Crippen LogP contribution is 2.19. The van der Waals surface area contributed by atoms with Crippen LogP contribution in [0.15, 0.2) is 36.4 Å². The number of nitrogens with one attached hydrogen (secondary N) is 1. The summed E-state index contributed by atoms with van der Waals surface area (Å²) in [5.41, 5.74) is 1.58. The van der Waals surface area contributed by atoms with Crippen molar-refractivity contribution in [2.24, 2.45) is 5.92 Å². The van der Waals surface area contributed by atoms with E-state index >= 15 is 0 Å². The number of morpholine rings is 1. The van der Waals surface area contributed by atoms with Crippen molar-refractivity contribution in [3.8, 4) is 0 Å². The molecule has 3 rings (SSSR count). The number of ether oxygens (including phenoxy) is 1. The van der Waals surface area contributed by atoms with Gasteiger partial charge in [0.15, 0.2) is 0 Å². The summed E-state index contributed by atoms with van der Waals surface area (Å²) >= 11 is 0. The fourth-order valence-corrected chi connectivity index (χ4v) is 5.32. The molecule has 1 heterocycles. The van der Waals surface area contributed by atoms with Crippen molar-refractivity contribution < 1.29 is 33.0 Å². The summed E-state index contributed by atoms with van der Waals surface area (Å²) < 4.78 is 33.3. The molecule has 0 aromatic heterocycles. The van der Waals surface area contributed by atoms with Crippen molar-refractivity contribution in [3.63, 3.8) is 0 Å². The SMILES string of the molecule is CCCN(CCC)C(=O)c1cc(C)cc(C(=O)NC(Cc2cc(F)cc(F)c2)[C@@H](O)C[C@@H](C)C(=O)N2CCOCC2)c1. The Kier molecular flexibility index (Phi) is 12.4. The summed E-state index contributed by atoms with van der Waals surface area (Å²) in [4.78, 5) is 43.2. The van der Waals surface area contributed by atoms with Crippen LogP contribution < -0.4 is 5.32 Å². The molecule has 230 valence electrons. The van der Waals surface area contributed by atoms with Crippen LogP contribution in [0, 0.1) is 24.5 Å². The first-order valence-electron chi connectivity index (χ1n) is 14.7. The lowest BCUT2D eigenvalue weighted by atomic mass is 9.92. The highest BCUT2D eigenvalue weighted by molar-refractivity contribution is 6.00. The Labute approximate surface area is 247 Å². The molecule has 0 aliphatic carbocycles. The Hall–Kier alpha value is -3.37. The van der Waals surface area contributed by atoms with E-state index in [1.807, 2.05) is 13.8 Å². The molecule has 1 aliphatic heterocycles. The molecule has 3 atom stereocenters. The van der Waals surface area contributed by atoms with Gasteiger partial charge < -0.3 is 25.0 Å². The molecule has 1 aliphatic rings. The third kappa shape index (κ3) is 9.32. The van der Waals surface area contributed by atoms with Crippen LogP contribution in [0.4, 0.5) is 8.78 Å². The summed E-state index contributed by atoms with van der Waals surface area (Å²) in [7, 11) is 0. The van der Waals surface area contributed by atoms with Crippen molar-refractivity contribution in [1.29, 1.82) is 0 Å². The summed E-state index contributed by atoms with van der Waals surface area (Å²) in [6, 6.07) is 6.99. The van der Waals surface area contributed by atoms with E-state index in [-0.39, 0.29) is 35.8 Å². The van der Waals surface area contributed by atoms with Gasteiger partial charge in [0.1, 0.15) is 11.6 Å². The zero-order valence-electron chi connectivity index (χ0n) is 25.0. The normalized spacial score (nSPS) is 15.5. The molecule has 1 unspecified atom stereocenters. The van der Waals surface area contributed by atoms with Gasteiger partial charge in [0, 0.05) is 49.3 Å². The lowest BCUT2D eigenvalue weighted by Crippen LogP contribution is -2.48. The Bertz CT molecular complexity index is 1210. The van der Waals surface area contributed by atoms with Gasteiger partial charge in [-0.25, -0.2) is 8.78 Å². The molecular formula is C32H43F2N3O5. The van der Waals surface area contributed by atoms with Crippen LogP contribution in [0.1, 0.15) is 71.9 Å². The fraction of sp³-hybridized carbons (Fsp3) is 0.531. The highest BCUT2D eigenvalue weighted by Gasteiger charge is 2.30. The van der Waals surface area contributed by atoms with Gasteiger partial charge >= 0.3 is 0 Å². The van der Waals surface area contributed by atoms with Crippen LogP contribution in [-0.2, 0) is 16.0 Å². The predicted octanol–water partition coefficient (Wildman–Crippen LogP) is 4.12. The molecule has 0 spiro atoms. The fourth-order valence-electron chi connectivity index (χ4n) is 5.32. The molecule has 42 heavy (non-hydrogen) atoms. The monoisotopic (exact) mass is 587 g/mol. The topological polar surface area (TPSA) is 99.2 Å². The average Bonchev–Trinajstić information content (AvgIpc) is 2.95. The third-order valence-electron chi connectivity index (χ3n) is 7.36. The molecule has 0 saturated carbocycles.